The molecule has 118 valence electrons. The highest BCUT2D eigenvalue weighted by molar-refractivity contribution is 7.92. The van der Waals surface area contributed by atoms with E-state index in [1.807, 2.05) is 0 Å². The third-order valence-electron chi connectivity index (χ3n) is 2.59. The smallest absolute Gasteiger partial charge is 0.251 e. The number of anilines is 1. The molecule has 0 saturated carbocycles. The number of aliphatic hydroxyl groups excluding tert-OH is 1. The lowest BCUT2D eigenvalue weighted by Crippen LogP contribution is -2.26. The molecule has 0 radical (unpaired) electrons. The summed E-state index contributed by atoms with van der Waals surface area (Å²) in [6.07, 6.45) is 0. The molecular weight excluding hydrogens is 316 g/mol. The maximum Gasteiger partial charge on any atom is 0.251 e. The molecular formula is C13H19ClN2O4S. The van der Waals surface area contributed by atoms with E-state index in [9.17, 15) is 13.2 Å². The standard InChI is InChI=1S/C13H19ClN2O4S/c1-10(8-14)9-21(19,20)16-12-4-2-11(3-5-12)13(18)15-6-7-17/h2-5,10,16-17H,6-9H2,1H3,(H,15,18). The molecule has 0 aliphatic carbocycles. The summed E-state index contributed by atoms with van der Waals surface area (Å²) in [5.74, 6) is -0.262. The van der Waals surface area contributed by atoms with Crippen LogP contribution in [0, 0.1) is 5.92 Å². The van der Waals surface area contributed by atoms with Crippen molar-refractivity contribution in [2.24, 2.45) is 5.92 Å². The first-order chi connectivity index (χ1) is 9.88. The first-order valence-corrected chi connectivity index (χ1v) is 8.62. The number of amides is 1. The third-order valence-corrected chi connectivity index (χ3v) is 4.67. The Hall–Kier alpha value is -1.31. The minimum Gasteiger partial charge on any atom is -0.395 e. The summed E-state index contributed by atoms with van der Waals surface area (Å²) in [6.45, 7) is 1.78. The molecule has 3 N–H and O–H groups in total. The van der Waals surface area contributed by atoms with Crippen molar-refractivity contribution in [3.8, 4) is 0 Å². The fraction of sp³-hybridized carbons (Fsp3) is 0.462. The van der Waals surface area contributed by atoms with E-state index in [0.717, 1.165) is 0 Å². The molecule has 0 heterocycles. The van der Waals surface area contributed by atoms with Crippen LogP contribution in [-0.2, 0) is 10.0 Å². The average molecular weight is 335 g/mol. The fourth-order valence-electron chi connectivity index (χ4n) is 1.60. The second-order valence-corrected chi connectivity index (χ2v) is 6.78. The van der Waals surface area contributed by atoms with E-state index in [-0.39, 0.29) is 36.6 Å². The quantitative estimate of drug-likeness (QED) is 0.619. The third kappa shape index (κ3) is 6.33. The van der Waals surface area contributed by atoms with E-state index >= 15 is 0 Å². The van der Waals surface area contributed by atoms with Gasteiger partial charge in [0.05, 0.1) is 12.4 Å². The number of aliphatic hydroxyl groups is 1. The first kappa shape index (κ1) is 17.7. The number of alkyl halides is 1. The summed E-state index contributed by atoms with van der Waals surface area (Å²) in [7, 11) is -3.46. The molecule has 1 aromatic carbocycles. The Morgan fingerprint density at radius 1 is 1.33 bits per heavy atom. The molecule has 6 nitrogen and oxygen atoms in total. The van der Waals surface area contributed by atoms with Crippen LogP contribution in [0.4, 0.5) is 5.69 Å². The van der Waals surface area contributed by atoms with Crippen molar-refractivity contribution in [3.63, 3.8) is 0 Å². The molecule has 8 heteroatoms. The number of carbonyl (C=O) groups excluding carboxylic acids is 1. The van der Waals surface area contributed by atoms with Crippen LogP contribution in [-0.4, -0.2) is 44.2 Å². The number of sulfonamides is 1. The summed E-state index contributed by atoms with van der Waals surface area (Å²) in [6, 6.07) is 6.04. The van der Waals surface area contributed by atoms with Crippen LogP contribution in [0.1, 0.15) is 17.3 Å². The van der Waals surface area contributed by atoms with E-state index in [4.69, 9.17) is 16.7 Å². The lowest BCUT2D eigenvalue weighted by molar-refractivity contribution is 0.0945. The lowest BCUT2D eigenvalue weighted by Gasteiger charge is -2.11. The minimum atomic E-state index is -3.46. The van der Waals surface area contributed by atoms with Crippen LogP contribution in [0.3, 0.4) is 0 Å². The second-order valence-electron chi connectivity index (χ2n) is 4.70. The number of rotatable bonds is 8. The normalized spacial score (nSPS) is 12.7. The Morgan fingerprint density at radius 3 is 2.48 bits per heavy atom. The SMILES string of the molecule is CC(CCl)CS(=O)(=O)Nc1ccc(C(=O)NCCO)cc1. The summed E-state index contributed by atoms with van der Waals surface area (Å²) >= 11 is 5.60. The highest BCUT2D eigenvalue weighted by atomic mass is 35.5. The van der Waals surface area contributed by atoms with Gasteiger partial charge in [-0.1, -0.05) is 6.92 Å². The Bertz CT molecular complexity index is 560. The van der Waals surface area contributed by atoms with Gasteiger partial charge in [0.1, 0.15) is 0 Å². The van der Waals surface area contributed by atoms with Gasteiger partial charge in [-0.15, -0.1) is 11.6 Å². The largest absolute Gasteiger partial charge is 0.395 e. The second kappa shape index (κ2) is 8.21. The van der Waals surface area contributed by atoms with Gasteiger partial charge in [-0.3, -0.25) is 9.52 Å². The minimum absolute atomic E-state index is 0.0603. The van der Waals surface area contributed by atoms with Gasteiger partial charge in [0.25, 0.3) is 5.91 Å². The molecule has 1 aromatic rings. The Morgan fingerprint density at radius 2 is 1.95 bits per heavy atom. The molecule has 0 aliphatic rings. The molecule has 21 heavy (non-hydrogen) atoms. The van der Waals surface area contributed by atoms with Gasteiger partial charge in [0.2, 0.25) is 10.0 Å². The van der Waals surface area contributed by atoms with Crippen molar-refractivity contribution in [1.82, 2.24) is 5.32 Å². The number of nitrogens with one attached hydrogen (secondary N) is 2. The summed E-state index contributed by atoms with van der Waals surface area (Å²) in [5, 5.41) is 11.1. The Labute approximate surface area is 129 Å². The molecule has 1 rings (SSSR count). The van der Waals surface area contributed by atoms with E-state index in [1.54, 1.807) is 6.92 Å². The first-order valence-electron chi connectivity index (χ1n) is 6.43. The zero-order chi connectivity index (χ0) is 15.9. The summed E-state index contributed by atoms with van der Waals surface area (Å²) in [5.41, 5.74) is 0.774. The highest BCUT2D eigenvalue weighted by Crippen LogP contribution is 2.13. The number of carbonyl (C=O) groups is 1. The van der Waals surface area contributed by atoms with Crippen molar-refractivity contribution in [1.29, 1.82) is 0 Å². The van der Waals surface area contributed by atoms with E-state index in [1.165, 1.54) is 24.3 Å². The molecule has 0 aromatic heterocycles. The zero-order valence-electron chi connectivity index (χ0n) is 11.7. The van der Waals surface area contributed by atoms with Crippen LogP contribution in [0.2, 0.25) is 0 Å². The lowest BCUT2D eigenvalue weighted by atomic mass is 10.2. The maximum atomic E-state index is 11.9. The number of hydrogen-bond acceptors (Lipinski definition) is 4. The van der Waals surface area contributed by atoms with Crippen LogP contribution in [0.25, 0.3) is 0 Å². The molecule has 1 atom stereocenters. The zero-order valence-corrected chi connectivity index (χ0v) is 13.2. The van der Waals surface area contributed by atoms with Crippen LogP contribution in [0.5, 0.6) is 0 Å². The molecule has 1 unspecified atom stereocenters. The van der Waals surface area contributed by atoms with Gasteiger partial charge in [-0.2, -0.15) is 0 Å². The highest BCUT2D eigenvalue weighted by Gasteiger charge is 2.15. The molecule has 0 spiro atoms. The van der Waals surface area contributed by atoms with E-state index in [0.29, 0.717) is 11.3 Å². The molecule has 0 fully saturated rings. The molecule has 0 saturated heterocycles. The monoisotopic (exact) mass is 334 g/mol. The topological polar surface area (TPSA) is 95.5 Å². The van der Waals surface area contributed by atoms with Gasteiger partial charge >= 0.3 is 0 Å². The van der Waals surface area contributed by atoms with Gasteiger partial charge in [-0.05, 0) is 30.2 Å². The van der Waals surface area contributed by atoms with Crippen LogP contribution < -0.4 is 10.0 Å². The number of halogens is 1. The molecule has 0 aliphatic heterocycles. The number of hydrogen-bond donors (Lipinski definition) is 3. The van der Waals surface area contributed by atoms with Crippen LogP contribution >= 0.6 is 11.6 Å². The van der Waals surface area contributed by atoms with Gasteiger partial charge in [-0.25, -0.2) is 8.42 Å². The van der Waals surface area contributed by atoms with E-state index < -0.39 is 10.0 Å². The predicted octanol–water partition coefficient (Wildman–Crippen LogP) is 1.03. The van der Waals surface area contributed by atoms with Crippen molar-refractivity contribution in [2.45, 2.75) is 6.92 Å². The average Bonchev–Trinajstić information content (AvgIpc) is 2.44. The van der Waals surface area contributed by atoms with Crippen LogP contribution in [0.15, 0.2) is 24.3 Å². The van der Waals surface area contributed by atoms with Gasteiger partial charge in [0, 0.05) is 23.7 Å². The van der Waals surface area contributed by atoms with Crippen molar-refractivity contribution in [3.05, 3.63) is 29.8 Å². The van der Waals surface area contributed by atoms with Gasteiger partial charge < -0.3 is 10.4 Å². The fourth-order valence-corrected chi connectivity index (χ4v) is 3.29. The number of benzene rings is 1. The van der Waals surface area contributed by atoms with Crippen molar-refractivity contribution >= 4 is 33.2 Å². The predicted molar refractivity (Wildman–Crippen MR) is 83.2 cm³/mol. The van der Waals surface area contributed by atoms with Gasteiger partial charge in [0.15, 0.2) is 0 Å². The Kier molecular flexibility index (Phi) is 6.94. The van der Waals surface area contributed by atoms with Crippen molar-refractivity contribution < 1.29 is 18.3 Å². The molecule has 0 bridgehead atoms. The summed E-state index contributed by atoms with van der Waals surface area (Å²) in [4.78, 5) is 11.6. The maximum absolute atomic E-state index is 11.9. The summed E-state index contributed by atoms with van der Waals surface area (Å²) < 4.78 is 26.1. The Balaban J connectivity index is 2.68. The molecule has 1 amide bonds. The van der Waals surface area contributed by atoms with Crippen molar-refractivity contribution in [2.75, 3.05) is 29.5 Å². The van der Waals surface area contributed by atoms with E-state index in [2.05, 4.69) is 10.0 Å².